The van der Waals surface area contributed by atoms with E-state index in [9.17, 15) is 14.7 Å². The summed E-state index contributed by atoms with van der Waals surface area (Å²) in [6, 6.07) is 9.92. The van der Waals surface area contributed by atoms with Crippen molar-refractivity contribution in [2.45, 2.75) is 19.4 Å². The summed E-state index contributed by atoms with van der Waals surface area (Å²) in [6.45, 7) is 1.79. The van der Waals surface area contributed by atoms with Crippen LogP contribution in [0.3, 0.4) is 0 Å². The highest BCUT2D eigenvalue weighted by Crippen LogP contribution is 2.24. The van der Waals surface area contributed by atoms with E-state index >= 15 is 0 Å². The predicted molar refractivity (Wildman–Crippen MR) is 77.8 cm³/mol. The van der Waals surface area contributed by atoms with Gasteiger partial charge in [-0.05, 0) is 29.3 Å². The van der Waals surface area contributed by atoms with Crippen LogP contribution in [0.4, 0.5) is 5.69 Å². The number of hydrogen-bond acceptors (Lipinski definition) is 3. The maximum atomic E-state index is 11.8. The average Bonchev–Trinajstić information content (AvgIpc) is 2.45. The molecule has 20 heavy (non-hydrogen) atoms. The number of rotatable bonds is 4. The molecule has 104 valence electrons. The summed E-state index contributed by atoms with van der Waals surface area (Å²) in [6.07, 6.45) is 0.488. The molecule has 0 saturated carbocycles. The fourth-order valence-electron chi connectivity index (χ4n) is 1.93. The van der Waals surface area contributed by atoms with Crippen LogP contribution in [-0.4, -0.2) is 23.0 Å². The van der Waals surface area contributed by atoms with Gasteiger partial charge in [0.2, 0.25) is 5.91 Å². The summed E-state index contributed by atoms with van der Waals surface area (Å²) in [5.74, 6) is -1.47. The molecule has 1 atom stereocenters. The van der Waals surface area contributed by atoms with Crippen molar-refractivity contribution in [3.05, 3.63) is 42.0 Å². The highest BCUT2D eigenvalue weighted by molar-refractivity contribution is 6.06. The van der Waals surface area contributed by atoms with E-state index in [0.717, 1.165) is 10.8 Å². The quantitative estimate of drug-likeness (QED) is 0.795. The van der Waals surface area contributed by atoms with Gasteiger partial charge in [-0.1, -0.05) is 31.2 Å². The summed E-state index contributed by atoms with van der Waals surface area (Å²) >= 11 is 0. The lowest BCUT2D eigenvalue weighted by Gasteiger charge is -2.13. The number of carboxylic acids is 1. The summed E-state index contributed by atoms with van der Waals surface area (Å²) in [7, 11) is 0. The summed E-state index contributed by atoms with van der Waals surface area (Å²) in [5.41, 5.74) is 5.97. The molecule has 0 fully saturated rings. The zero-order valence-electron chi connectivity index (χ0n) is 11.1. The predicted octanol–water partition coefficient (Wildman–Crippen LogP) is 2.21. The van der Waals surface area contributed by atoms with Crippen molar-refractivity contribution in [3.8, 4) is 0 Å². The number of carbonyl (C=O) groups excluding carboxylic acids is 1. The maximum absolute atomic E-state index is 11.8. The number of nitrogens with two attached hydrogens (primary N) is 1. The molecule has 2 rings (SSSR count). The van der Waals surface area contributed by atoms with Crippen LogP contribution < -0.4 is 11.1 Å². The molecular weight excluding hydrogens is 256 g/mol. The maximum Gasteiger partial charge on any atom is 0.337 e. The van der Waals surface area contributed by atoms with Gasteiger partial charge in [-0.3, -0.25) is 4.79 Å². The molecule has 2 aromatic carbocycles. The van der Waals surface area contributed by atoms with E-state index in [1.165, 1.54) is 0 Å². The normalized spacial score (nSPS) is 12.1. The zero-order valence-corrected chi connectivity index (χ0v) is 11.1. The fraction of sp³-hybridized carbons (Fsp3) is 0.200. The van der Waals surface area contributed by atoms with E-state index < -0.39 is 12.0 Å². The van der Waals surface area contributed by atoms with Crippen molar-refractivity contribution in [1.82, 2.24) is 0 Å². The van der Waals surface area contributed by atoms with Crippen molar-refractivity contribution in [1.29, 1.82) is 0 Å². The third-order valence-corrected chi connectivity index (χ3v) is 3.15. The van der Waals surface area contributed by atoms with E-state index in [1.807, 2.05) is 24.3 Å². The molecule has 0 radical (unpaired) electrons. The van der Waals surface area contributed by atoms with Gasteiger partial charge in [-0.25, -0.2) is 4.79 Å². The number of hydrogen-bond donors (Lipinski definition) is 3. The Balaban J connectivity index is 2.47. The third-order valence-electron chi connectivity index (χ3n) is 3.15. The van der Waals surface area contributed by atoms with Gasteiger partial charge in [0.05, 0.1) is 17.3 Å². The third kappa shape index (κ3) is 2.78. The van der Waals surface area contributed by atoms with Gasteiger partial charge in [-0.2, -0.15) is 0 Å². The number of aromatic carboxylic acids is 1. The minimum atomic E-state index is -1.09. The standard InChI is InChI=1S/C15H16N2O3/c1-2-12(16)14(18)17-13-8-10-6-4-3-5-9(10)7-11(13)15(19)20/h3-8,12H,2,16H2,1H3,(H,17,18)(H,19,20). The number of nitrogens with one attached hydrogen (secondary N) is 1. The molecule has 4 N–H and O–H groups in total. The molecule has 0 aromatic heterocycles. The van der Waals surface area contributed by atoms with E-state index in [2.05, 4.69) is 5.32 Å². The number of benzene rings is 2. The molecule has 0 spiro atoms. The van der Waals surface area contributed by atoms with Crippen LogP contribution in [0.15, 0.2) is 36.4 Å². The number of fused-ring (bicyclic) bond motifs is 1. The number of anilines is 1. The minimum absolute atomic E-state index is 0.0559. The van der Waals surface area contributed by atoms with E-state index in [4.69, 9.17) is 5.73 Å². The van der Waals surface area contributed by atoms with Crippen molar-refractivity contribution >= 4 is 28.3 Å². The lowest BCUT2D eigenvalue weighted by atomic mass is 10.0. The highest BCUT2D eigenvalue weighted by Gasteiger charge is 2.16. The summed E-state index contributed by atoms with van der Waals surface area (Å²) in [5, 5.41) is 13.5. The van der Waals surface area contributed by atoms with Crippen LogP contribution in [0, 0.1) is 0 Å². The summed E-state index contributed by atoms with van der Waals surface area (Å²) in [4.78, 5) is 23.1. The number of carboxylic acid groups (broad SMARTS) is 1. The second kappa shape index (κ2) is 5.71. The Morgan fingerprint density at radius 2 is 1.85 bits per heavy atom. The molecule has 0 saturated heterocycles. The van der Waals surface area contributed by atoms with Crippen molar-refractivity contribution in [3.63, 3.8) is 0 Å². The monoisotopic (exact) mass is 272 g/mol. The van der Waals surface area contributed by atoms with Crippen LogP contribution >= 0.6 is 0 Å². The first kappa shape index (κ1) is 14.0. The van der Waals surface area contributed by atoms with E-state index in [0.29, 0.717) is 6.42 Å². The molecule has 0 heterocycles. The SMILES string of the molecule is CCC(N)C(=O)Nc1cc2ccccc2cc1C(=O)O. The number of carbonyl (C=O) groups is 2. The minimum Gasteiger partial charge on any atom is -0.478 e. The van der Waals surface area contributed by atoms with Gasteiger partial charge in [0.15, 0.2) is 0 Å². The van der Waals surface area contributed by atoms with Gasteiger partial charge >= 0.3 is 5.97 Å². The molecule has 1 amide bonds. The fourth-order valence-corrected chi connectivity index (χ4v) is 1.93. The molecule has 0 aliphatic carbocycles. The molecule has 0 aliphatic heterocycles. The first-order valence-corrected chi connectivity index (χ1v) is 6.35. The van der Waals surface area contributed by atoms with Crippen molar-refractivity contribution in [2.24, 2.45) is 5.73 Å². The first-order chi connectivity index (χ1) is 9.52. The van der Waals surface area contributed by atoms with Gasteiger partial charge in [0.1, 0.15) is 0 Å². The van der Waals surface area contributed by atoms with E-state index in [-0.39, 0.29) is 17.2 Å². The van der Waals surface area contributed by atoms with Gasteiger partial charge in [-0.15, -0.1) is 0 Å². The Hall–Kier alpha value is -2.40. The Labute approximate surface area is 116 Å². The summed E-state index contributed by atoms with van der Waals surface area (Å²) < 4.78 is 0. The largest absolute Gasteiger partial charge is 0.478 e. The lowest BCUT2D eigenvalue weighted by molar-refractivity contribution is -0.117. The first-order valence-electron chi connectivity index (χ1n) is 6.35. The number of amides is 1. The van der Waals surface area contributed by atoms with E-state index in [1.54, 1.807) is 19.1 Å². The Kier molecular flexibility index (Phi) is 4.00. The van der Waals surface area contributed by atoms with Crippen LogP contribution in [-0.2, 0) is 4.79 Å². The highest BCUT2D eigenvalue weighted by atomic mass is 16.4. The van der Waals surface area contributed by atoms with Crippen molar-refractivity contribution < 1.29 is 14.7 Å². The van der Waals surface area contributed by atoms with Gasteiger partial charge in [0.25, 0.3) is 0 Å². The Morgan fingerprint density at radius 3 is 2.40 bits per heavy atom. The lowest BCUT2D eigenvalue weighted by Crippen LogP contribution is -2.35. The zero-order chi connectivity index (χ0) is 14.7. The Bertz CT molecular complexity index is 667. The van der Waals surface area contributed by atoms with Crippen molar-refractivity contribution in [2.75, 3.05) is 5.32 Å². The smallest absolute Gasteiger partial charge is 0.337 e. The second-order valence-corrected chi connectivity index (χ2v) is 4.55. The van der Waals surface area contributed by atoms with Crippen LogP contribution in [0.25, 0.3) is 10.8 Å². The molecule has 1 unspecified atom stereocenters. The van der Waals surface area contributed by atoms with Gasteiger partial charge in [0, 0.05) is 0 Å². The molecule has 5 nitrogen and oxygen atoms in total. The molecular formula is C15H16N2O3. The van der Waals surface area contributed by atoms with Crippen LogP contribution in [0.1, 0.15) is 23.7 Å². The molecule has 5 heteroatoms. The second-order valence-electron chi connectivity index (χ2n) is 4.55. The average molecular weight is 272 g/mol. The molecule has 2 aromatic rings. The molecule has 0 aliphatic rings. The van der Waals surface area contributed by atoms with Crippen LogP contribution in [0.2, 0.25) is 0 Å². The topological polar surface area (TPSA) is 92.4 Å². The van der Waals surface area contributed by atoms with Crippen LogP contribution in [0.5, 0.6) is 0 Å². The molecule has 0 bridgehead atoms. The Morgan fingerprint density at radius 1 is 1.25 bits per heavy atom. The van der Waals surface area contributed by atoms with Gasteiger partial charge < -0.3 is 16.2 Å².